The number of likely N-dealkylation sites (tertiary alicyclic amines) is 1. The molecule has 4 nitrogen and oxygen atoms in total. The summed E-state index contributed by atoms with van der Waals surface area (Å²) in [5, 5.41) is 0. The second-order valence-electron chi connectivity index (χ2n) is 7.26. The molecule has 0 radical (unpaired) electrons. The number of fused-ring (bicyclic) bond motifs is 1. The summed E-state index contributed by atoms with van der Waals surface area (Å²) < 4.78 is 11.3. The Morgan fingerprint density at radius 2 is 1.69 bits per heavy atom. The predicted octanol–water partition coefficient (Wildman–Crippen LogP) is 3.58. The van der Waals surface area contributed by atoms with Crippen molar-refractivity contribution in [2.45, 2.75) is 31.7 Å². The van der Waals surface area contributed by atoms with Gasteiger partial charge in [0.25, 0.3) is 0 Å². The van der Waals surface area contributed by atoms with Gasteiger partial charge in [-0.1, -0.05) is 36.4 Å². The Morgan fingerprint density at radius 3 is 2.38 bits per heavy atom. The summed E-state index contributed by atoms with van der Waals surface area (Å²) in [6.45, 7) is 5.68. The van der Waals surface area contributed by atoms with Crippen molar-refractivity contribution in [3.05, 3.63) is 59.7 Å². The molecule has 2 aliphatic rings. The van der Waals surface area contributed by atoms with Gasteiger partial charge in [-0.25, -0.2) is 0 Å². The van der Waals surface area contributed by atoms with E-state index in [1.807, 2.05) is 24.3 Å². The number of Topliss-reactive ketones (excluding diaryl/α,β-unsaturated/α-hetero) is 1. The van der Waals surface area contributed by atoms with Crippen LogP contribution in [-0.2, 0) is 16.8 Å². The summed E-state index contributed by atoms with van der Waals surface area (Å²) in [4.78, 5) is 14.9. The van der Waals surface area contributed by atoms with Crippen LogP contribution in [0.3, 0.4) is 0 Å². The molecule has 2 aromatic carbocycles. The van der Waals surface area contributed by atoms with E-state index in [1.165, 1.54) is 5.56 Å². The molecule has 4 rings (SSSR count). The fraction of sp³-hybridized carbons (Fsp3) is 0.409. The highest BCUT2D eigenvalue weighted by Crippen LogP contribution is 2.37. The molecule has 136 valence electrons. The molecule has 0 N–H and O–H groups in total. The van der Waals surface area contributed by atoms with Crippen LogP contribution < -0.4 is 9.47 Å². The standard InChI is InChI=1S/C22H25NO3/c1-17(24)22(19-5-3-2-4-6-19)9-11-23(12-10-22)16-18-7-8-20-21(15-18)26-14-13-25-20/h2-8,15H,9-14,16H2,1H3. The van der Waals surface area contributed by atoms with Crippen molar-refractivity contribution in [1.82, 2.24) is 4.90 Å². The number of ketones is 1. The zero-order valence-corrected chi connectivity index (χ0v) is 15.2. The Hall–Kier alpha value is -2.33. The van der Waals surface area contributed by atoms with Gasteiger partial charge in [-0.2, -0.15) is 0 Å². The lowest BCUT2D eigenvalue weighted by atomic mass is 9.70. The van der Waals surface area contributed by atoms with Crippen LogP contribution in [0.25, 0.3) is 0 Å². The zero-order chi connectivity index (χ0) is 18.0. The summed E-state index contributed by atoms with van der Waals surface area (Å²) in [7, 11) is 0. The first-order valence-corrected chi connectivity index (χ1v) is 9.35. The SMILES string of the molecule is CC(=O)C1(c2ccccc2)CCN(Cc2ccc3c(c2)OCCO3)CC1. The van der Waals surface area contributed by atoms with Gasteiger partial charge in [0.05, 0.1) is 5.41 Å². The highest BCUT2D eigenvalue weighted by Gasteiger charge is 2.40. The van der Waals surface area contributed by atoms with Gasteiger partial charge in [0, 0.05) is 6.54 Å². The monoisotopic (exact) mass is 351 g/mol. The van der Waals surface area contributed by atoms with E-state index in [9.17, 15) is 4.79 Å². The average Bonchev–Trinajstić information content (AvgIpc) is 2.69. The summed E-state index contributed by atoms with van der Waals surface area (Å²) in [6, 6.07) is 16.4. The Balaban J connectivity index is 1.45. The van der Waals surface area contributed by atoms with Gasteiger partial charge in [0.15, 0.2) is 11.5 Å². The maximum Gasteiger partial charge on any atom is 0.161 e. The number of hydrogen-bond donors (Lipinski definition) is 0. The van der Waals surface area contributed by atoms with E-state index < -0.39 is 0 Å². The smallest absolute Gasteiger partial charge is 0.161 e. The Kier molecular flexibility index (Phi) is 4.68. The van der Waals surface area contributed by atoms with E-state index in [1.54, 1.807) is 6.92 Å². The van der Waals surface area contributed by atoms with Gasteiger partial charge in [-0.3, -0.25) is 9.69 Å². The van der Waals surface area contributed by atoms with Crippen LogP contribution in [0.1, 0.15) is 30.9 Å². The minimum Gasteiger partial charge on any atom is -0.486 e. The highest BCUT2D eigenvalue weighted by atomic mass is 16.6. The zero-order valence-electron chi connectivity index (χ0n) is 15.2. The molecular weight excluding hydrogens is 326 g/mol. The normalized spacial score (nSPS) is 19.1. The maximum atomic E-state index is 12.5. The topological polar surface area (TPSA) is 38.8 Å². The lowest BCUT2D eigenvalue weighted by Gasteiger charge is -2.40. The molecule has 0 aliphatic carbocycles. The van der Waals surface area contributed by atoms with E-state index in [-0.39, 0.29) is 11.2 Å². The van der Waals surface area contributed by atoms with Crippen LogP contribution in [0.4, 0.5) is 0 Å². The number of carbonyl (C=O) groups excluding carboxylic acids is 1. The highest BCUT2D eigenvalue weighted by molar-refractivity contribution is 5.88. The van der Waals surface area contributed by atoms with Crippen molar-refractivity contribution < 1.29 is 14.3 Å². The fourth-order valence-corrected chi connectivity index (χ4v) is 4.14. The molecular formula is C22H25NO3. The van der Waals surface area contributed by atoms with Gasteiger partial charge >= 0.3 is 0 Å². The van der Waals surface area contributed by atoms with Crippen molar-refractivity contribution in [3.8, 4) is 11.5 Å². The number of hydrogen-bond acceptors (Lipinski definition) is 4. The van der Waals surface area contributed by atoms with Crippen molar-refractivity contribution in [2.75, 3.05) is 26.3 Å². The predicted molar refractivity (Wildman–Crippen MR) is 101 cm³/mol. The molecule has 26 heavy (non-hydrogen) atoms. The summed E-state index contributed by atoms with van der Waals surface area (Å²) >= 11 is 0. The maximum absolute atomic E-state index is 12.5. The van der Waals surface area contributed by atoms with Gasteiger partial charge < -0.3 is 9.47 Å². The third-order valence-corrected chi connectivity index (χ3v) is 5.72. The third-order valence-electron chi connectivity index (χ3n) is 5.72. The average molecular weight is 351 g/mol. The number of nitrogens with zero attached hydrogens (tertiary/aromatic N) is 1. The minimum absolute atomic E-state index is 0.280. The van der Waals surface area contributed by atoms with Gasteiger partial charge in [0.2, 0.25) is 0 Å². The molecule has 2 aromatic rings. The molecule has 0 bridgehead atoms. The third kappa shape index (κ3) is 3.21. The molecule has 1 fully saturated rings. The molecule has 2 heterocycles. The summed E-state index contributed by atoms with van der Waals surface area (Å²) in [5.41, 5.74) is 2.06. The van der Waals surface area contributed by atoms with Crippen molar-refractivity contribution in [1.29, 1.82) is 0 Å². The van der Waals surface area contributed by atoms with Crippen molar-refractivity contribution in [2.24, 2.45) is 0 Å². The largest absolute Gasteiger partial charge is 0.486 e. The number of carbonyl (C=O) groups is 1. The van der Waals surface area contributed by atoms with Crippen LogP contribution in [-0.4, -0.2) is 37.0 Å². The molecule has 2 aliphatic heterocycles. The van der Waals surface area contributed by atoms with Crippen LogP contribution >= 0.6 is 0 Å². The Bertz CT molecular complexity index is 779. The first-order valence-electron chi connectivity index (χ1n) is 9.35. The van der Waals surface area contributed by atoms with E-state index in [2.05, 4.69) is 29.2 Å². The van der Waals surface area contributed by atoms with E-state index in [0.717, 1.165) is 49.5 Å². The first kappa shape index (κ1) is 17.1. The second kappa shape index (κ2) is 7.12. The molecule has 0 aromatic heterocycles. The minimum atomic E-state index is -0.329. The molecule has 0 saturated carbocycles. The molecule has 0 amide bonds. The quantitative estimate of drug-likeness (QED) is 0.844. The Morgan fingerprint density at radius 1 is 1.00 bits per heavy atom. The van der Waals surface area contributed by atoms with Crippen LogP contribution in [0.5, 0.6) is 11.5 Å². The fourth-order valence-electron chi connectivity index (χ4n) is 4.14. The molecule has 1 saturated heterocycles. The molecule has 0 atom stereocenters. The lowest BCUT2D eigenvalue weighted by Crippen LogP contribution is -2.46. The molecule has 0 spiro atoms. The van der Waals surface area contributed by atoms with Crippen LogP contribution in [0.2, 0.25) is 0 Å². The molecule has 0 unspecified atom stereocenters. The lowest BCUT2D eigenvalue weighted by molar-refractivity contribution is -0.124. The number of piperidine rings is 1. The van der Waals surface area contributed by atoms with E-state index >= 15 is 0 Å². The van der Waals surface area contributed by atoms with Gasteiger partial charge in [-0.05, 0) is 56.1 Å². The van der Waals surface area contributed by atoms with E-state index in [0.29, 0.717) is 13.2 Å². The van der Waals surface area contributed by atoms with Gasteiger partial charge in [0.1, 0.15) is 19.0 Å². The second-order valence-corrected chi connectivity index (χ2v) is 7.26. The number of ether oxygens (including phenoxy) is 2. The number of benzene rings is 2. The molecule has 4 heteroatoms. The van der Waals surface area contributed by atoms with Gasteiger partial charge in [-0.15, -0.1) is 0 Å². The van der Waals surface area contributed by atoms with Crippen LogP contribution in [0, 0.1) is 0 Å². The van der Waals surface area contributed by atoms with Crippen molar-refractivity contribution >= 4 is 5.78 Å². The summed E-state index contributed by atoms with van der Waals surface area (Å²) in [5.74, 6) is 1.95. The first-order chi connectivity index (χ1) is 12.7. The summed E-state index contributed by atoms with van der Waals surface area (Å²) in [6.07, 6.45) is 1.74. The Labute approximate surface area is 154 Å². The van der Waals surface area contributed by atoms with E-state index in [4.69, 9.17) is 9.47 Å². The van der Waals surface area contributed by atoms with Crippen LogP contribution in [0.15, 0.2) is 48.5 Å². The van der Waals surface area contributed by atoms with Crippen molar-refractivity contribution in [3.63, 3.8) is 0 Å². The number of rotatable bonds is 4.